The van der Waals surface area contributed by atoms with Gasteiger partial charge in [0.2, 0.25) is 0 Å². The molecule has 1 aromatic carbocycles. The Labute approximate surface area is 98.0 Å². The lowest BCUT2D eigenvalue weighted by Crippen LogP contribution is -2.14. The van der Waals surface area contributed by atoms with Gasteiger partial charge in [0.15, 0.2) is 23.1 Å². The van der Waals surface area contributed by atoms with E-state index < -0.39 is 17.2 Å². The molecule has 0 heterocycles. The van der Waals surface area contributed by atoms with Crippen LogP contribution in [0.25, 0.3) is 0 Å². The number of rotatable bonds is 4. The first-order valence-electron chi connectivity index (χ1n) is 5.32. The number of aliphatic hydroxyl groups is 1. The molecule has 0 spiro atoms. The molecule has 1 aliphatic carbocycles. The minimum Gasteiger partial charge on any atom is -0.493 e. The van der Waals surface area contributed by atoms with Crippen LogP contribution in [0.2, 0.25) is 0 Å². The summed E-state index contributed by atoms with van der Waals surface area (Å²) >= 11 is 0. The molecule has 0 amide bonds. The van der Waals surface area contributed by atoms with Gasteiger partial charge in [0.1, 0.15) is 0 Å². The predicted octanol–water partition coefficient (Wildman–Crippen LogP) is 2.05. The van der Waals surface area contributed by atoms with Gasteiger partial charge >= 0.3 is 0 Å². The van der Waals surface area contributed by atoms with Crippen LogP contribution in [0.1, 0.15) is 18.4 Å². The Kier molecular flexibility index (Phi) is 2.95. The smallest absolute Gasteiger partial charge is 0.167 e. The first-order valence-corrected chi connectivity index (χ1v) is 5.32. The molecule has 94 valence electrons. The lowest BCUT2D eigenvalue weighted by atomic mass is 10.0. The van der Waals surface area contributed by atoms with Gasteiger partial charge in [-0.15, -0.1) is 0 Å². The van der Waals surface area contributed by atoms with Crippen LogP contribution in [0.3, 0.4) is 0 Å². The maximum atomic E-state index is 13.7. The third-order valence-electron chi connectivity index (χ3n) is 2.99. The van der Waals surface area contributed by atoms with E-state index in [-0.39, 0.29) is 23.5 Å². The maximum Gasteiger partial charge on any atom is 0.167 e. The Hall–Kier alpha value is -1.36. The summed E-state index contributed by atoms with van der Waals surface area (Å²) in [6.45, 7) is 0. The molecular formula is C12H14F2O3. The van der Waals surface area contributed by atoms with E-state index in [0.717, 1.165) is 6.07 Å². The van der Waals surface area contributed by atoms with Crippen molar-refractivity contribution in [3.8, 4) is 11.5 Å². The van der Waals surface area contributed by atoms with Crippen molar-refractivity contribution in [3.05, 3.63) is 23.3 Å². The van der Waals surface area contributed by atoms with Gasteiger partial charge in [-0.05, 0) is 12.8 Å². The molecule has 1 aliphatic rings. The van der Waals surface area contributed by atoms with Crippen LogP contribution in [0.4, 0.5) is 8.78 Å². The van der Waals surface area contributed by atoms with E-state index in [2.05, 4.69) is 0 Å². The molecule has 1 N–H and O–H groups in total. The van der Waals surface area contributed by atoms with Gasteiger partial charge in [0.05, 0.1) is 19.8 Å². The fourth-order valence-corrected chi connectivity index (χ4v) is 1.82. The average Bonchev–Trinajstić information content (AvgIpc) is 3.02. The molecule has 3 nitrogen and oxygen atoms in total. The van der Waals surface area contributed by atoms with Crippen molar-refractivity contribution in [2.75, 3.05) is 14.2 Å². The molecule has 17 heavy (non-hydrogen) atoms. The van der Waals surface area contributed by atoms with Crippen molar-refractivity contribution in [1.82, 2.24) is 0 Å². The molecule has 1 aromatic rings. The Bertz CT molecular complexity index is 442. The molecule has 0 aliphatic heterocycles. The van der Waals surface area contributed by atoms with E-state index in [0.29, 0.717) is 12.8 Å². The molecule has 1 fully saturated rings. The third kappa shape index (κ3) is 2.20. The van der Waals surface area contributed by atoms with E-state index in [1.807, 2.05) is 0 Å². The molecule has 2 rings (SSSR count). The van der Waals surface area contributed by atoms with E-state index in [9.17, 15) is 13.9 Å². The van der Waals surface area contributed by atoms with Gasteiger partial charge in [0.25, 0.3) is 0 Å². The van der Waals surface area contributed by atoms with Crippen LogP contribution < -0.4 is 9.47 Å². The summed E-state index contributed by atoms with van der Waals surface area (Å²) in [4.78, 5) is 0. The normalized spacial score (nSPS) is 16.8. The maximum absolute atomic E-state index is 13.7. The van der Waals surface area contributed by atoms with E-state index >= 15 is 0 Å². The summed E-state index contributed by atoms with van der Waals surface area (Å²) in [5.41, 5.74) is -0.892. The highest BCUT2D eigenvalue weighted by Gasteiger charge is 2.42. The van der Waals surface area contributed by atoms with Gasteiger partial charge in [-0.2, -0.15) is 0 Å². The van der Waals surface area contributed by atoms with Crippen molar-refractivity contribution in [1.29, 1.82) is 0 Å². The van der Waals surface area contributed by atoms with Gasteiger partial charge in [0, 0.05) is 18.1 Å². The fraction of sp³-hybridized carbons (Fsp3) is 0.500. The number of hydrogen-bond acceptors (Lipinski definition) is 3. The highest BCUT2D eigenvalue weighted by Crippen LogP contribution is 2.43. The Balaban J connectivity index is 2.48. The standard InChI is InChI=1S/C12H14F2O3/c1-16-9-5-8(13)10(14)7(11(9)17-2)6-12(15)3-4-12/h5,15H,3-4,6H2,1-2H3. The van der Waals surface area contributed by atoms with Crippen molar-refractivity contribution >= 4 is 0 Å². The second-order valence-electron chi connectivity index (χ2n) is 4.29. The summed E-state index contributed by atoms with van der Waals surface area (Å²) in [7, 11) is 2.71. The fourth-order valence-electron chi connectivity index (χ4n) is 1.82. The highest BCUT2D eigenvalue weighted by atomic mass is 19.2. The number of halogens is 2. The quantitative estimate of drug-likeness (QED) is 0.881. The molecule has 0 radical (unpaired) electrons. The zero-order valence-corrected chi connectivity index (χ0v) is 9.72. The van der Waals surface area contributed by atoms with E-state index in [1.165, 1.54) is 14.2 Å². The van der Waals surface area contributed by atoms with E-state index in [1.54, 1.807) is 0 Å². The Morgan fingerprint density at radius 2 is 1.94 bits per heavy atom. The zero-order valence-electron chi connectivity index (χ0n) is 9.72. The van der Waals surface area contributed by atoms with Crippen LogP contribution in [-0.4, -0.2) is 24.9 Å². The summed E-state index contributed by atoms with van der Waals surface area (Å²) < 4.78 is 37.0. The van der Waals surface area contributed by atoms with Crippen LogP contribution in [0.5, 0.6) is 11.5 Å². The van der Waals surface area contributed by atoms with Gasteiger partial charge in [-0.25, -0.2) is 8.78 Å². The lowest BCUT2D eigenvalue weighted by Gasteiger charge is -2.16. The largest absolute Gasteiger partial charge is 0.493 e. The van der Waals surface area contributed by atoms with Gasteiger partial charge in [-0.3, -0.25) is 0 Å². The Morgan fingerprint density at radius 3 is 2.41 bits per heavy atom. The second-order valence-corrected chi connectivity index (χ2v) is 4.29. The van der Waals surface area contributed by atoms with Crippen LogP contribution in [0, 0.1) is 11.6 Å². The molecule has 0 saturated heterocycles. The molecule has 1 saturated carbocycles. The first-order chi connectivity index (χ1) is 8.00. The van der Waals surface area contributed by atoms with Crippen LogP contribution in [0.15, 0.2) is 6.07 Å². The molecule has 0 atom stereocenters. The van der Waals surface area contributed by atoms with Crippen molar-refractivity contribution in [2.24, 2.45) is 0 Å². The zero-order chi connectivity index (χ0) is 12.6. The monoisotopic (exact) mass is 244 g/mol. The summed E-state index contributed by atoms with van der Waals surface area (Å²) in [5, 5.41) is 9.80. The molecule has 0 bridgehead atoms. The summed E-state index contributed by atoms with van der Waals surface area (Å²) in [6.07, 6.45) is 1.22. The van der Waals surface area contributed by atoms with Crippen molar-refractivity contribution in [2.45, 2.75) is 24.9 Å². The summed E-state index contributed by atoms with van der Waals surface area (Å²) in [6, 6.07) is 0.939. The van der Waals surface area contributed by atoms with Crippen LogP contribution in [-0.2, 0) is 6.42 Å². The molecule has 0 aromatic heterocycles. The van der Waals surface area contributed by atoms with Crippen LogP contribution >= 0.6 is 0 Å². The molecule has 0 unspecified atom stereocenters. The topological polar surface area (TPSA) is 38.7 Å². The molecule has 5 heteroatoms. The Morgan fingerprint density at radius 1 is 1.29 bits per heavy atom. The summed E-state index contributed by atoms with van der Waals surface area (Å²) in [5.74, 6) is -1.71. The minimum atomic E-state index is -0.998. The first kappa shape index (κ1) is 12.1. The number of hydrogen-bond donors (Lipinski definition) is 1. The van der Waals surface area contributed by atoms with Crippen molar-refractivity contribution in [3.63, 3.8) is 0 Å². The molecular weight excluding hydrogens is 230 g/mol. The van der Waals surface area contributed by atoms with E-state index in [4.69, 9.17) is 9.47 Å². The minimum absolute atomic E-state index is 0.0318. The number of ether oxygens (including phenoxy) is 2. The van der Waals surface area contributed by atoms with Crippen molar-refractivity contribution < 1.29 is 23.4 Å². The number of benzene rings is 1. The van der Waals surface area contributed by atoms with Gasteiger partial charge < -0.3 is 14.6 Å². The second kappa shape index (κ2) is 4.14. The number of methoxy groups -OCH3 is 2. The highest BCUT2D eigenvalue weighted by molar-refractivity contribution is 5.49. The third-order valence-corrected chi connectivity index (χ3v) is 2.99. The average molecular weight is 244 g/mol. The lowest BCUT2D eigenvalue weighted by molar-refractivity contribution is 0.148. The predicted molar refractivity (Wildman–Crippen MR) is 57.3 cm³/mol. The SMILES string of the molecule is COc1cc(F)c(F)c(CC2(O)CC2)c1OC. The van der Waals surface area contributed by atoms with Gasteiger partial charge in [-0.1, -0.05) is 0 Å².